The minimum Gasteiger partial charge on any atom is -0.506 e. The predicted molar refractivity (Wildman–Crippen MR) is 96.6 cm³/mol. The van der Waals surface area contributed by atoms with Crippen LogP contribution in [0, 0.1) is 0 Å². The molecule has 4 nitrogen and oxygen atoms in total. The van der Waals surface area contributed by atoms with Crippen molar-refractivity contribution in [3.8, 4) is 16.9 Å². The molecule has 7 heteroatoms. The number of fused-ring (bicyclic) bond motifs is 1. The van der Waals surface area contributed by atoms with E-state index in [9.17, 15) is 14.7 Å². The molecule has 24 heavy (non-hydrogen) atoms. The molecule has 0 aliphatic heterocycles. The Morgan fingerprint density at radius 1 is 1.08 bits per heavy atom. The normalized spacial score (nSPS) is 10.8. The third-order valence-electron chi connectivity index (χ3n) is 3.47. The van der Waals surface area contributed by atoms with Crippen LogP contribution < -0.4 is 4.74 Å². The van der Waals surface area contributed by atoms with Crippen LogP contribution in [-0.4, -0.2) is 18.2 Å². The number of esters is 1. The first-order valence-electron chi connectivity index (χ1n) is 6.75. The Labute approximate surface area is 150 Å². The largest absolute Gasteiger partial charge is 0.506 e. The summed E-state index contributed by atoms with van der Waals surface area (Å²) in [4.78, 5) is 23.8. The molecule has 1 heterocycles. The monoisotopic (exact) mass is 380 g/mol. The first kappa shape index (κ1) is 16.8. The number of carbonyl (C=O) groups excluding carboxylic acids is 1. The van der Waals surface area contributed by atoms with Crippen molar-refractivity contribution in [1.29, 1.82) is 0 Å². The van der Waals surface area contributed by atoms with Gasteiger partial charge in [-0.05, 0) is 41.5 Å². The highest BCUT2D eigenvalue weighted by atomic mass is 35.5. The van der Waals surface area contributed by atoms with E-state index >= 15 is 0 Å². The Kier molecular flexibility index (Phi) is 4.49. The van der Waals surface area contributed by atoms with Gasteiger partial charge >= 0.3 is 5.97 Å². The SMILES string of the molecule is COC(=O)c1c(O)c2ccc(-c3cc(Cl)cc(Cl)c3)cc2sc1=O. The molecular weight excluding hydrogens is 371 g/mol. The lowest BCUT2D eigenvalue weighted by atomic mass is 10.0. The standard InChI is InChI=1S/C17H10Cl2O4S/c1-23-16(21)14-15(20)12-3-2-8(6-13(12)24-17(14)22)9-4-10(18)7-11(19)5-9/h2-7,20H,1H3. The predicted octanol–water partition coefficient (Wildman–Crippen LogP) is 4.73. The lowest BCUT2D eigenvalue weighted by molar-refractivity contribution is 0.0597. The van der Waals surface area contributed by atoms with Crippen molar-refractivity contribution in [1.82, 2.24) is 0 Å². The summed E-state index contributed by atoms with van der Waals surface area (Å²) < 4.78 is 4.52. The smallest absolute Gasteiger partial charge is 0.346 e. The van der Waals surface area contributed by atoms with E-state index in [2.05, 4.69) is 4.74 Å². The minimum absolute atomic E-state index is 0.353. The van der Waals surface area contributed by atoms with Crippen molar-refractivity contribution in [2.24, 2.45) is 0 Å². The van der Waals surface area contributed by atoms with E-state index in [1.807, 2.05) is 0 Å². The fraction of sp³-hybridized carbons (Fsp3) is 0.0588. The molecule has 0 fully saturated rings. The summed E-state index contributed by atoms with van der Waals surface area (Å²) in [7, 11) is 1.15. The van der Waals surface area contributed by atoms with Gasteiger partial charge in [-0.1, -0.05) is 40.6 Å². The summed E-state index contributed by atoms with van der Waals surface area (Å²) >= 11 is 12.9. The van der Waals surface area contributed by atoms with Gasteiger partial charge in [0.15, 0.2) is 5.56 Å². The van der Waals surface area contributed by atoms with E-state index in [4.69, 9.17) is 23.2 Å². The molecule has 0 saturated heterocycles. The van der Waals surface area contributed by atoms with E-state index in [0.717, 1.165) is 29.6 Å². The number of aromatic hydroxyl groups is 1. The van der Waals surface area contributed by atoms with Crippen LogP contribution in [0.1, 0.15) is 10.4 Å². The summed E-state index contributed by atoms with van der Waals surface area (Å²) in [6.45, 7) is 0. The zero-order valence-electron chi connectivity index (χ0n) is 12.3. The zero-order valence-corrected chi connectivity index (χ0v) is 14.6. The molecule has 0 bridgehead atoms. The number of methoxy groups -OCH3 is 1. The molecule has 1 aromatic heterocycles. The number of halogens is 2. The van der Waals surface area contributed by atoms with E-state index in [-0.39, 0.29) is 11.3 Å². The second-order valence-corrected chi connectivity index (χ2v) is 6.86. The molecule has 0 amide bonds. The lowest BCUT2D eigenvalue weighted by Gasteiger charge is -2.08. The Morgan fingerprint density at radius 2 is 1.75 bits per heavy atom. The molecule has 0 aliphatic carbocycles. The first-order chi connectivity index (χ1) is 11.4. The van der Waals surface area contributed by atoms with Gasteiger partial charge in [-0.3, -0.25) is 4.79 Å². The Hall–Kier alpha value is -2.08. The van der Waals surface area contributed by atoms with Gasteiger partial charge in [-0.15, -0.1) is 0 Å². The van der Waals surface area contributed by atoms with E-state index in [0.29, 0.717) is 20.1 Å². The molecule has 0 spiro atoms. The van der Waals surface area contributed by atoms with Crippen molar-refractivity contribution in [3.63, 3.8) is 0 Å². The van der Waals surface area contributed by atoms with Crippen LogP contribution in [0.3, 0.4) is 0 Å². The molecule has 3 aromatic rings. The number of carbonyl (C=O) groups is 1. The highest BCUT2D eigenvalue weighted by Gasteiger charge is 2.20. The van der Waals surface area contributed by atoms with Crippen LogP contribution >= 0.6 is 34.5 Å². The van der Waals surface area contributed by atoms with Gasteiger partial charge in [0.25, 0.3) is 4.74 Å². The minimum atomic E-state index is -0.860. The fourth-order valence-electron chi connectivity index (χ4n) is 2.37. The average molecular weight is 381 g/mol. The fourth-order valence-corrected chi connectivity index (χ4v) is 3.84. The maximum atomic E-state index is 12.1. The van der Waals surface area contributed by atoms with Gasteiger partial charge in [-0.2, -0.15) is 0 Å². The highest BCUT2D eigenvalue weighted by Crippen LogP contribution is 2.34. The van der Waals surface area contributed by atoms with E-state index in [1.165, 1.54) is 0 Å². The van der Waals surface area contributed by atoms with Gasteiger partial charge in [0.2, 0.25) is 0 Å². The first-order valence-corrected chi connectivity index (χ1v) is 8.32. The molecule has 1 N–H and O–H groups in total. The number of hydrogen-bond acceptors (Lipinski definition) is 5. The van der Waals surface area contributed by atoms with E-state index < -0.39 is 10.7 Å². The Balaban J connectivity index is 2.23. The second kappa shape index (κ2) is 6.43. The van der Waals surface area contributed by atoms with Crippen molar-refractivity contribution in [2.75, 3.05) is 7.11 Å². The topological polar surface area (TPSA) is 63.6 Å². The average Bonchev–Trinajstić information content (AvgIpc) is 2.53. The quantitative estimate of drug-likeness (QED) is 0.652. The number of hydrogen-bond donors (Lipinski definition) is 1. The number of rotatable bonds is 2. The molecule has 0 atom stereocenters. The van der Waals surface area contributed by atoms with Crippen molar-refractivity contribution < 1.29 is 14.6 Å². The summed E-state index contributed by atoms with van der Waals surface area (Å²) in [5.41, 5.74) is 1.21. The Bertz CT molecular complexity index is 1010. The van der Waals surface area contributed by atoms with Gasteiger partial charge < -0.3 is 9.84 Å². The van der Waals surface area contributed by atoms with Gasteiger partial charge in [0.1, 0.15) is 5.75 Å². The molecule has 122 valence electrons. The maximum absolute atomic E-state index is 12.1. The van der Waals surface area contributed by atoms with Crippen LogP contribution in [0.15, 0.2) is 41.2 Å². The van der Waals surface area contributed by atoms with Crippen molar-refractivity contribution in [3.05, 3.63) is 61.5 Å². The van der Waals surface area contributed by atoms with Crippen LogP contribution in [-0.2, 0) is 4.74 Å². The van der Waals surface area contributed by atoms with Crippen LogP contribution in [0.5, 0.6) is 5.75 Å². The molecule has 2 aromatic carbocycles. The summed E-state index contributed by atoms with van der Waals surface area (Å²) in [5, 5.41) is 11.6. The second-order valence-electron chi connectivity index (χ2n) is 4.97. The molecular formula is C17H10Cl2O4S. The maximum Gasteiger partial charge on any atom is 0.346 e. The van der Waals surface area contributed by atoms with Crippen LogP contribution in [0.25, 0.3) is 21.2 Å². The van der Waals surface area contributed by atoms with Gasteiger partial charge in [0.05, 0.1) is 7.11 Å². The lowest BCUT2D eigenvalue weighted by Crippen LogP contribution is -2.13. The third kappa shape index (κ3) is 2.98. The van der Waals surface area contributed by atoms with Gasteiger partial charge in [0, 0.05) is 20.1 Å². The Morgan fingerprint density at radius 3 is 2.38 bits per heavy atom. The molecule has 0 radical (unpaired) electrons. The molecule has 0 saturated carbocycles. The van der Waals surface area contributed by atoms with Crippen molar-refractivity contribution >= 4 is 50.6 Å². The van der Waals surface area contributed by atoms with Gasteiger partial charge in [-0.25, -0.2) is 4.79 Å². The summed E-state index contributed by atoms with van der Waals surface area (Å²) in [6, 6.07) is 10.3. The summed E-state index contributed by atoms with van der Waals surface area (Å²) in [5.74, 6) is -1.24. The summed E-state index contributed by atoms with van der Waals surface area (Å²) in [6.07, 6.45) is 0. The van der Waals surface area contributed by atoms with E-state index in [1.54, 1.807) is 36.4 Å². The zero-order chi connectivity index (χ0) is 17.4. The third-order valence-corrected chi connectivity index (χ3v) is 4.85. The van der Waals surface area contributed by atoms with Crippen molar-refractivity contribution in [2.45, 2.75) is 0 Å². The molecule has 0 unspecified atom stereocenters. The molecule has 3 rings (SSSR count). The number of benzene rings is 2. The highest BCUT2D eigenvalue weighted by molar-refractivity contribution is 7.16. The molecule has 0 aliphatic rings. The van der Waals surface area contributed by atoms with Crippen LogP contribution in [0.2, 0.25) is 10.0 Å². The number of ether oxygens (including phenoxy) is 1. The van der Waals surface area contributed by atoms with Crippen LogP contribution in [0.4, 0.5) is 0 Å².